The second-order valence-electron chi connectivity index (χ2n) is 6.61. The van der Waals surface area contributed by atoms with Crippen molar-refractivity contribution >= 4 is 0 Å². The lowest BCUT2D eigenvalue weighted by Gasteiger charge is -2.10. The Hall–Kier alpha value is -2.80. The lowest BCUT2D eigenvalue weighted by atomic mass is 10.2. The number of benzene rings is 1. The third kappa shape index (κ3) is 3.68. The topological polar surface area (TPSA) is 71.5 Å². The van der Waals surface area contributed by atoms with Gasteiger partial charge in [0.2, 0.25) is 0 Å². The third-order valence-corrected chi connectivity index (χ3v) is 4.62. The van der Waals surface area contributed by atoms with Gasteiger partial charge in [-0.2, -0.15) is 5.10 Å². The summed E-state index contributed by atoms with van der Waals surface area (Å²) in [7, 11) is 1.63. The van der Waals surface area contributed by atoms with Crippen LogP contribution in [0.25, 0.3) is 11.4 Å². The van der Waals surface area contributed by atoms with Gasteiger partial charge in [-0.05, 0) is 38.5 Å². The first-order chi connectivity index (χ1) is 13.1. The summed E-state index contributed by atoms with van der Waals surface area (Å²) in [6, 6.07) is 9.66. The molecule has 0 saturated carbocycles. The standard InChI is InChI=1S/C20H23N3O4/c1-13-9-18(14(2)27-13)20-21-19(22-23(20)15-7-8-25-11-15)12-26-17-6-4-5-16(10-17)24-3/h4-6,9-10,15H,7-8,11-12H2,1-3H3. The van der Waals surface area contributed by atoms with E-state index in [4.69, 9.17) is 28.7 Å². The molecule has 0 bridgehead atoms. The zero-order valence-corrected chi connectivity index (χ0v) is 15.8. The lowest BCUT2D eigenvalue weighted by Crippen LogP contribution is -2.12. The predicted octanol–water partition coefficient (Wildman–Crippen LogP) is 3.70. The number of rotatable bonds is 6. The van der Waals surface area contributed by atoms with E-state index in [1.54, 1.807) is 7.11 Å². The second kappa shape index (κ2) is 7.44. The van der Waals surface area contributed by atoms with Crippen molar-refractivity contribution in [2.24, 2.45) is 0 Å². The van der Waals surface area contributed by atoms with Crippen molar-refractivity contribution in [1.29, 1.82) is 0 Å². The van der Waals surface area contributed by atoms with Crippen LogP contribution >= 0.6 is 0 Å². The molecule has 1 aliphatic rings. The third-order valence-electron chi connectivity index (χ3n) is 4.62. The van der Waals surface area contributed by atoms with Gasteiger partial charge >= 0.3 is 0 Å². The zero-order valence-electron chi connectivity index (χ0n) is 15.8. The number of hydrogen-bond donors (Lipinski definition) is 0. The molecule has 2 aromatic heterocycles. The van der Waals surface area contributed by atoms with E-state index in [-0.39, 0.29) is 12.6 Å². The van der Waals surface area contributed by atoms with Crippen LogP contribution in [0.15, 0.2) is 34.7 Å². The molecule has 1 atom stereocenters. The number of nitrogens with zero attached hydrogens (tertiary/aromatic N) is 3. The molecule has 1 saturated heterocycles. The van der Waals surface area contributed by atoms with Crippen LogP contribution in [-0.2, 0) is 11.3 Å². The highest BCUT2D eigenvalue weighted by molar-refractivity contribution is 5.58. The Kier molecular flexibility index (Phi) is 4.85. The van der Waals surface area contributed by atoms with Gasteiger partial charge in [-0.15, -0.1) is 0 Å². The Morgan fingerprint density at radius 1 is 1.22 bits per heavy atom. The Balaban J connectivity index is 1.61. The van der Waals surface area contributed by atoms with E-state index in [0.717, 1.165) is 41.7 Å². The molecule has 3 aromatic rings. The monoisotopic (exact) mass is 369 g/mol. The van der Waals surface area contributed by atoms with Gasteiger partial charge in [-0.3, -0.25) is 0 Å². The Labute approximate surface area is 157 Å². The van der Waals surface area contributed by atoms with Crippen LogP contribution in [0.1, 0.15) is 29.8 Å². The largest absolute Gasteiger partial charge is 0.497 e. The van der Waals surface area contributed by atoms with Gasteiger partial charge in [0.1, 0.15) is 29.6 Å². The van der Waals surface area contributed by atoms with Crippen LogP contribution in [0.5, 0.6) is 11.5 Å². The number of furan rings is 1. The number of ether oxygens (including phenoxy) is 3. The molecule has 0 aliphatic carbocycles. The van der Waals surface area contributed by atoms with E-state index in [1.807, 2.05) is 48.9 Å². The Morgan fingerprint density at radius 3 is 2.78 bits per heavy atom. The fourth-order valence-corrected chi connectivity index (χ4v) is 3.27. The van der Waals surface area contributed by atoms with Crippen LogP contribution in [-0.4, -0.2) is 35.1 Å². The summed E-state index contributed by atoms with van der Waals surface area (Å²) in [6.07, 6.45) is 0.919. The van der Waals surface area contributed by atoms with Crippen molar-refractivity contribution in [2.45, 2.75) is 32.9 Å². The first-order valence-corrected chi connectivity index (χ1v) is 9.01. The fourth-order valence-electron chi connectivity index (χ4n) is 3.27. The van der Waals surface area contributed by atoms with Gasteiger partial charge in [0, 0.05) is 12.7 Å². The summed E-state index contributed by atoms with van der Waals surface area (Å²) in [4.78, 5) is 4.74. The average molecular weight is 369 g/mol. The molecule has 0 N–H and O–H groups in total. The van der Waals surface area contributed by atoms with E-state index in [0.29, 0.717) is 18.2 Å². The van der Waals surface area contributed by atoms with E-state index in [1.165, 1.54) is 0 Å². The highest BCUT2D eigenvalue weighted by atomic mass is 16.5. The number of aryl methyl sites for hydroxylation is 2. The van der Waals surface area contributed by atoms with Gasteiger partial charge in [0.15, 0.2) is 11.6 Å². The molecule has 0 radical (unpaired) electrons. The molecule has 1 aromatic carbocycles. The maximum absolute atomic E-state index is 5.86. The van der Waals surface area contributed by atoms with Gasteiger partial charge in [0.05, 0.1) is 25.3 Å². The van der Waals surface area contributed by atoms with Crippen molar-refractivity contribution in [3.05, 3.63) is 47.7 Å². The average Bonchev–Trinajstić information content (AvgIpc) is 3.39. The van der Waals surface area contributed by atoms with E-state index < -0.39 is 0 Å². The first kappa shape index (κ1) is 17.6. The number of hydrogen-bond acceptors (Lipinski definition) is 6. The van der Waals surface area contributed by atoms with E-state index >= 15 is 0 Å². The molecular weight excluding hydrogens is 346 g/mol. The molecular formula is C20H23N3O4. The van der Waals surface area contributed by atoms with Crippen LogP contribution in [0.4, 0.5) is 0 Å². The highest BCUT2D eigenvalue weighted by Crippen LogP contribution is 2.30. The molecule has 1 fully saturated rings. The number of methoxy groups -OCH3 is 1. The van der Waals surface area contributed by atoms with Gasteiger partial charge in [-0.25, -0.2) is 9.67 Å². The quantitative estimate of drug-likeness (QED) is 0.660. The van der Waals surface area contributed by atoms with Crippen LogP contribution in [0.3, 0.4) is 0 Å². The minimum absolute atomic E-state index is 0.174. The summed E-state index contributed by atoms with van der Waals surface area (Å²) < 4.78 is 24.3. The summed E-state index contributed by atoms with van der Waals surface area (Å²) >= 11 is 0. The summed E-state index contributed by atoms with van der Waals surface area (Å²) in [5.74, 6) is 4.57. The smallest absolute Gasteiger partial charge is 0.188 e. The SMILES string of the molecule is COc1cccc(OCc2nc(-c3cc(C)oc3C)n(C3CCOC3)n2)c1. The van der Waals surface area contributed by atoms with E-state index in [2.05, 4.69) is 0 Å². The first-order valence-electron chi connectivity index (χ1n) is 9.01. The van der Waals surface area contributed by atoms with E-state index in [9.17, 15) is 0 Å². The maximum atomic E-state index is 5.86. The minimum Gasteiger partial charge on any atom is -0.497 e. The molecule has 3 heterocycles. The van der Waals surface area contributed by atoms with Gasteiger partial charge in [-0.1, -0.05) is 6.07 Å². The van der Waals surface area contributed by atoms with Crippen molar-refractivity contribution in [2.75, 3.05) is 20.3 Å². The molecule has 142 valence electrons. The molecule has 27 heavy (non-hydrogen) atoms. The number of aromatic nitrogens is 3. The van der Waals surface area contributed by atoms with Crippen LogP contribution < -0.4 is 9.47 Å². The predicted molar refractivity (Wildman–Crippen MR) is 99.0 cm³/mol. The molecule has 0 amide bonds. The molecule has 0 spiro atoms. The normalized spacial score (nSPS) is 16.6. The van der Waals surface area contributed by atoms with Gasteiger partial charge < -0.3 is 18.6 Å². The summed E-state index contributed by atoms with van der Waals surface area (Å²) in [5, 5.41) is 4.70. The zero-order chi connectivity index (χ0) is 18.8. The van der Waals surface area contributed by atoms with Crippen LogP contribution in [0.2, 0.25) is 0 Å². The molecule has 1 unspecified atom stereocenters. The van der Waals surface area contributed by atoms with Crippen molar-refractivity contribution < 1.29 is 18.6 Å². The molecule has 1 aliphatic heterocycles. The van der Waals surface area contributed by atoms with Crippen molar-refractivity contribution in [3.63, 3.8) is 0 Å². The second-order valence-corrected chi connectivity index (χ2v) is 6.61. The molecule has 7 heteroatoms. The molecule has 7 nitrogen and oxygen atoms in total. The molecule has 4 rings (SSSR count). The highest BCUT2D eigenvalue weighted by Gasteiger charge is 2.25. The Bertz CT molecular complexity index is 925. The minimum atomic E-state index is 0.174. The Morgan fingerprint density at radius 2 is 2.07 bits per heavy atom. The summed E-state index contributed by atoms with van der Waals surface area (Å²) in [6.45, 7) is 5.53. The van der Waals surface area contributed by atoms with Crippen LogP contribution in [0, 0.1) is 13.8 Å². The summed E-state index contributed by atoms with van der Waals surface area (Å²) in [5.41, 5.74) is 0.958. The van der Waals surface area contributed by atoms with Crippen molar-refractivity contribution in [3.8, 4) is 22.9 Å². The fraction of sp³-hybridized carbons (Fsp3) is 0.400. The van der Waals surface area contributed by atoms with Gasteiger partial charge in [0.25, 0.3) is 0 Å². The maximum Gasteiger partial charge on any atom is 0.188 e. The lowest BCUT2D eigenvalue weighted by molar-refractivity contribution is 0.184. The van der Waals surface area contributed by atoms with Crippen molar-refractivity contribution in [1.82, 2.24) is 14.8 Å².